The van der Waals surface area contributed by atoms with E-state index in [1.165, 1.54) is 22.5 Å². The number of benzene rings is 2. The quantitative estimate of drug-likeness (QED) is 0.808. The molecule has 0 radical (unpaired) electrons. The number of sulfonamides is 1. The van der Waals surface area contributed by atoms with Gasteiger partial charge in [0.1, 0.15) is 17.2 Å². The monoisotopic (exact) mass is 377 g/mol. The third-order valence-electron chi connectivity index (χ3n) is 4.95. The zero-order valence-electron chi connectivity index (χ0n) is 14.2. The highest BCUT2D eigenvalue weighted by atomic mass is 32.2. The predicted octanol–water partition coefficient (Wildman–Crippen LogP) is 2.96. The van der Waals surface area contributed by atoms with Crippen LogP contribution in [-0.2, 0) is 21.3 Å². The Kier molecular flexibility index (Phi) is 4.46. The van der Waals surface area contributed by atoms with Crippen molar-refractivity contribution < 1.29 is 22.3 Å². The molecule has 0 saturated carbocycles. The second kappa shape index (κ2) is 6.64. The Morgan fingerprint density at radius 2 is 1.81 bits per heavy atom. The first kappa shape index (κ1) is 17.5. The van der Waals surface area contributed by atoms with Gasteiger partial charge in [-0.05, 0) is 24.3 Å². The van der Waals surface area contributed by atoms with E-state index in [9.17, 15) is 12.8 Å². The summed E-state index contributed by atoms with van der Waals surface area (Å²) in [5.74, 6) is 0.129. The molecule has 2 aliphatic heterocycles. The second-order valence-corrected chi connectivity index (χ2v) is 8.67. The molecule has 0 aliphatic carbocycles. The molecule has 138 valence electrons. The molecule has 1 saturated heterocycles. The van der Waals surface area contributed by atoms with Gasteiger partial charge in [0.15, 0.2) is 0 Å². The molecule has 0 atom stereocenters. The van der Waals surface area contributed by atoms with Crippen LogP contribution in [0.3, 0.4) is 0 Å². The first-order valence-electron chi connectivity index (χ1n) is 8.59. The fourth-order valence-electron chi connectivity index (χ4n) is 3.52. The number of hydrogen-bond acceptors (Lipinski definition) is 4. The van der Waals surface area contributed by atoms with Crippen molar-refractivity contribution in [1.82, 2.24) is 4.31 Å². The summed E-state index contributed by atoms with van der Waals surface area (Å²) in [5.41, 5.74) is 0.168. The summed E-state index contributed by atoms with van der Waals surface area (Å²) >= 11 is 0. The molecule has 2 aromatic rings. The van der Waals surface area contributed by atoms with E-state index in [1.54, 1.807) is 0 Å². The topological polar surface area (TPSA) is 55.8 Å². The lowest BCUT2D eigenvalue weighted by Crippen LogP contribution is -2.50. The summed E-state index contributed by atoms with van der Waals surface area (Å²) in [7, 11) is -3.85. The molecule has 1 fully saturated rings. The fraction of sp³-hybridized carbons (Fsp3) is 0.368. The van der Waals surface area contributed by atoms with E-state index in [0.717, 1.165) is 11.6 Å². The molecule has 5 nitrogen and oxygen atoms in total. The van der Waals surface area contributed by atoms with Crippen molar-refractivity contribution in [2.24, 2.45) is 0 Å². The SMILES string of the molecule is O=S(=O)(c1cccc(F)c1)N1Cc2ccccc2OC2(CCOCC2)C1. The van der Waals surface area contributed by atoms with Crippen molar-refractivity contribution in [1.29, 1.82) is 0 Å². The van der Waals surface area contributed by atoms with Gasteiger partial charge in [0, 0.05) is 24.9 Å². The Hall–Kier alpha value is -1.96. The van der Waals surface area contributed by atoms with Gasteiger partial charge in [0.2, 0.25) is 10.0 Å². The van der Waals surface area contributed by atoms with Gasteiger partial charge >= 0.3 is 0 Å². The highest BCUT2D eigenvalue weighted by Gasteiger charge is 2.43. The van der Waals surface area contributed by atoms with Crippen LogP contribution in [0, 0.1) is 5.82 Å². The van der Waals surface area contributed by atoms with E-state index in [0.29, 0.717) is 31.8 Å². The Labute approximate surface area is 152 Å². The van der Waals surface area contributed by atoms with E-state index in [2.05, 4.69) is 0 Å². The first-order valence-corrected chi connectivity index (χ1v) is 10.0. The van der Waals surface area contributed by atoms with Gasteiger partial charge in [-0.3, -0.25) is 0 Å². The maximum atomic E-state index is 13.6. The van der Waals surface area contributed by atoms with Crippen molar-refractivity contribution in [2.45, 2.75) is 29.9 Å². The number of rotatable bonds is 2. The van der Waals surface area contributed by atoms with Crippen molar-refractivity contribution >= 4 is 10.0 Å². The average molecular weight is 377 g/mol. The Bertz CT molecular complexity index is 909. The Morgan fingerprint density at radius 1 is 1.04 bits per heavy atom. The summed E-state index contributed by atoms with van der Waals surface area (Å²) in [6.07, 6.45) is 1.22. The van der Waals surface area contributed by atoms with E-state index in [4.69, 9.17) is 9.47 Å². The van der Waals surface area contributed by atoms with Gasteiger partial charge in [-0.2, -0.15) is 4.31 Å². The van der Waals surface area contributed by atoms with Crippen LogP contribution >= 0.6 is 0 Å². The van der Waals surface area contributed by atoms with E-state index in [-0.39, 0.29) is 18.0 Å². The minimum absolute atomic E-state index is 0.0425. The highest BCUT2D eigenvalue weighted by Crippen LogP contribution is 2.37. The van der Waals surface area contributed by atoms with Crippen LogP contribution in [0.5, 0.6) is 5.75 Å². The minimum atomic E-state index is -3.85. The first-order chi connectivity index (χ1) is 12.5. The fourth-order valence-corrected chi connectivity index (χ4v) is 5.04. The van der Waals surface area contributed by atoms with Gasteiger partial charge in [-0.25, -0.2) is 12.8 Å². The van der Waals surface area contributed by atoms with Crippen LogP contribution in [-0.4, -0.2) is 38.1 Å². The Balaban J connectivity index is 1.77. The molecular weight excluding hydrogens is 357 g/mol. The predicted molar refractivity (Wildman–Crippen MR) is 93.8 cm³/mol. The lowest BCUT2D eigenvalue weighted by atomic mass is 9.94. The molecule has 0 amide bonds. The van der Waals surface area contributed by atoms with Crippen LogP contribution in [0.4, 0.5) is 4.39 Å². The van der Waals surface area contributed by atoms with Crippen molar-refractivity contribution in [2.75, 3.05) is 19.8 Å². The van der Waals surface area contributed by atoms with Crippen molar-refractivity contribution in [3.63, 3.8) is 0 Å². The molecular formula is C19H20FNO4S. The molecule has 26 heavy (non-hydrogen) atoms. The molecule has 7 heteroatoms. The highest BCUT2D eigenvalue weighted by molar-refractivity contribution is 7.89. The van der Waals surface area contributed by atoms with E-state index < -0.39 is 21.4 Å². The lowest BCUT2D eigenvalue weighted by molar-refractivity contribution is -0.0500. The van der Waals surface area contributed by atoms with Crippen LogP contribution in [0.25, 0.3) is 0 Å². The zero-order chi connectivity index (χ0) is 18.2. The molecule has 2 aliphatic rings. The van der Waals surface area contributed by atoms with Gasteiger partial charge in [0.05, 0.1) is 24.7 Å². The standard InChI is InChI=1S/C19H20FNO4S/c20-16-5-3-6-17(12-16)26(22,23)21-13-15-4-1-2-7-18(15)25-19(14-21)8-10-24-11-9-19/h1-7,12H,8-11,13-14H2. The average Bonchev–Trinajstić information content (AvgIpc) is 2.79. The zero-order valence-corrected chi connectivity index (χ0v) is 15.0. The summed E-state index contributed by atoms with van der Waals surface area (Å²) in [5, 5.41) is 0. The van der Waals surface area contributed by atoms with Crippen LogP contribution in [0.2, 0.25) is 0 Å². The molecule has 0 bridgehead atoms. The van der Waals surface area contributed by atoms with E-state index >= 15 is 0 Å². The van der Waals surface area contributed by atoms with Gasteiger partial charge in [-0.15, -0.1) is 0 Å². The number of halogens is 1. The van der Waals surface area contributed by atoms with Crippen molar-refractivity contribution in [3.8, 4) is 5.75 Å². The summed E-state index contributed by atoms with van der Waals surface area (Å²) in [4.78, 5) is -0.0425. The van der Waals surface area contributed by atoms with Gasteiger partial charge in [0.25, 0.3) is 0 Å². The lowest BCUT2D eigenvalue weighted by Gasteiger charge is -2.38. The smallest absolute Gasteiger partial charge is 0.243 e. The molecule has 2 heterocycles. The summed E-state index contributed by atoms with van der Waals surface area (Å²) in [6.45, 7) is 1.45. The molecule has 0 N–H and O–H groups in total. The van der Waals surface area contributed by atoms with E-state index in [1.807, 2.05) is 24.3 Å². The summed E-state index contributed by atoms with van der Waals surface area (Å²) in [6, 6.07) is 12.6. The van der Waals surface area contributed by atoms with Gasteiger partial charge in [-0.1, -0.05) is 24.3 Å². The van der Waals surface area contributed by atoms with Crippen LogP contribution in [0.15, 0.2) is 53.4 Å². The molecule has 2 aromatic carbocycles. The van der Waals surface area contributed by atoms with Crippen LogP contribution < -0.4 is 4.74 Å². The van der Waals surface area contributed by atoms with Crippen LogP contribution in [0.1, 0.15) is 18.4 Å². The maximum absolute atomic E-state index is 13.6. The molecule has 1 spiro atoms. The Morgan fingerprint density at radius 3 is 2.58 bits per heavy atom. The number of para-hydroxylation sites is 1. The molecule has 4 rings (SSSR count). The number of hydrogen-bond donors (Lipinski definition) is 0. The number of fused-ring (bicyclic) bond motifs is 1. The normalized spacial score (nSPS) is 20.2. The number of ether oxygens (including phenoxy) is 2. The second-order valence-electron chi connectivity index (χ2n) is 6.74. The molecule has 0 unspecified atom stereocenters. The molecule has 0 aromatic heterocycles. The third kappa shape index (κ3) is 3.22. The minimum Gasteiger partial charge on any atom is -0.485 e. The van der Waals surface area contributed by atoms with Crippen molar-refractivity contribution in [3.05, 3.63) is 59.9 Å². The summed E-state index contributed by atoms with van der Waals surface area (Å²) < 4.78 is 53.2. The van der Waals surface area contributed by atoms with Gasteiger partial charge < -0.3 is 9.47 Å². The largest absolute Gasteiger partial charge is 0.485 e. The maximum Gasteiger partial charge on any atom is 0.243 e. The number of nitrogens with zero attached hydrogens (tertiary/aromatic N) is 1. The third-order valence-corrected chi connectivity index (χ3v) is 6.74.